The molecule has 29 heavy (non-hydrogen) atoms. The summed E-state index contributed by atoms with van der Waals surface area (Å²) in [5, 5.41) is 14.2. The number of aromatic amines is 1. The molecule has 1 atom stereocenters. The first-order valence-electron chi connectivity index (χ1n) is 9.96. The molecule has 1 unspecified atom stereocenters. The van der Waals surface area contributed by atoms with Gasteiger partial charge in [0.25, 0.3) is 5.89 Å². The van der Waals surface area contributed by atoms with Gasteiger partial charge in [0, 0.05) is 36.2 Å². The van der Waals surface area contributed by atoms with Gasteiger partial charge in [-0.15, -0.1) is 0 Å². The van der Waals surface area contributed by atoms with Crippen molar-refractivity contribution in [3.8, 4) is 11.5 Å². The summed E-state index contributed by atoms with van der Waals surface area (Å²) >= 11 is 0. The largest absolute Gasteiger partial charge is 0.334 e. The molecule has 1 saturated carbocycles. The van der Waals surface area contributed by atoms with Crippen LogP contribution in [-0.4, -0.2) is 49.3 Å². The van der Waals surface area contributed by atoms with E-state index in [1.54, 1.807) is 0 Å². The van der Waals surface area contributed by atoms with Crippen LogP contribution in [0.1, 0.15) is 54.1 Å². The minimum Gasteiger partial charge on any atom is -0.334 e. The molecule has 0 bridgehead atoms. The molecule has 0 radical (unpaired) electrons. The normalized spacial score (nSPS) is 19.0. The highest BCUT2D eigenvalue weighted by Gasteiger charge is 2.30. The molecule has 2 aromatic heterocycles. The van der Waals surface area contributed by atoms with Gasteiger partial charge in [-0.3, -0.25) is 5.10 Å². The fraction of sp³-hybridized carbons (Fsp3) is 0.450. The van der Waals surface area contributed by atoms with E-state index in [-0.39, 0.29) is 11.9 Å². The number of nitrogens with zero attached hydrogens (tertiary/aromatic N) is 5. The second-order valence-electron chi connectivity index (χ2n) is 7.90. The molecule has 3 aromatic rings. The molecule has 2 N–H and O–H groups in total. The lowest BCUT2D eigenvalue weighted by atomic mass is 10.1. The second-order valence-corrected chi connectivity index (χ2v) is 7.90. The summed E-state index contributed by atoms with van der Waals surface area (Å²) in [4.78, 5) is 23.4. The zero-order valence-electron chi connectivity index (χ0n) is 16.5. The van der Waals surface area contributed by atoms with Crippen LogP contribution in [0.25, 0.3) is 11.5 Å². The Bertz CT molecular complexity index is 1050. The van der Waals surface area contributed by atoms with E-state index < -0.39 is 0 Å². The highest BCUT2D eigenvalue weighted by Crippen LogP contribution is 2.39. The van der Waals surface area contributed by atoms with Gasteiger partial charge in [0.05, 0.1) is 0 Å². The van der Waals surface area contributed by atoms with Crippen molar-refractivity contribution in [2.24, 2.45) is 0 Å². The Morgan fingerprint density at radius 2 is 2.03 bits per heavy atom. The van der Waals surface area contributed by atoms with Crippen molar-refractivity contribution in [3.63, 3.8) is 0 Å². The first kappa shape index (κ1) is 17.8. The summed E-state index contributed by atoms with van der Waals surface area (Å²) < 4.78 is 5.39. The van der Waals surface area contributed by atoms with Crippen LogP contribution in [0.5, 0.6) is 0 Å². The Balaban J connectivity index is 1.24. The van der Waals surface area contributed by atoms with Gasteiger partial charge in [-0.1, -0.05) is 5.16 Å². The van der Waals surface area contributed by atoms with E-state index in [4.69, 9.17) is 4.52 Å². The maximum atomic E-state index is 12.7. The Hall–Kier alpha value is -3.23. The van der Waals surface area contributed by atoms with E-state index in [0.717, 1.165) is 53.5 Å². The molecular weight excluding hydrogens is 370 g/mol. The van der Waals surface area contributed by atoms with Crippen molar-refractivity contribution < 1.29 is 9.32 Å². The van der Waals surface area contributed by atoms with Gasteiger partial charge in [0.1, 0.15) is 5.82 Å². The number of anilines is 1. The van der Waals surface area contributed by atoms with Crippen molar-refractivity contribution in [2.45, 2.75) is 44.9 Å². The molecule has 150 valence electrons. The third-order valence-electron chi connectivity index (χ3n) is 5.55. The Labute approximate surface area is 167 Å². The molecule has 9 heteroatoms. The summed E-state index contributed by atoms with van der Waals surface area (Å²) in [6.45, 7) is 5.14. The molecule has 2 aliphatic rings. The number of aromatic nitrogens is 5. The highest BCUT2D eigenvalue weighted by molar-refractivity contribution is 5.90. The van der Waals surface area contributed by atoms with Gasteiger partial charge in [0.2, 0.25) is 0 Å². The van der Waals surface area contributed by atoms with Crippen molar-refractivity contribution in [1.82, 2.24) is 30.2 Å². The highest BCUT2D eigenvalue weighted by atomic mass is 16.5. The average molecular weight is 393 g/mol. The zero-order valence-corrected chi connectivity index (χ0v) is 16.5. The molecule has 9 nitrogen and oxygen atoms in total. The number of rotatable bonds is 4. The molecular formula is C20H23N7O2. The SMILES string of the molecule is Cc1nc(C2CCN(C(=O)Nc3ccc(-c4nc(C5CC5)no4)cc3C)C2)n[nH]1. The lowest BCUT2D eigenvalue weighted by Gasteiger charge is -2.18. The van der Waals surface area contributed by atoms with Gasteiger partial charge in [0.15, 0.2) is 11.6 Å². The van der Waals surface area contributed by atoms with Crippen LogP contribution in [-0.2, 0) is 0 Å². The number of hydrogen-bond donors (Lipinski definition) is 2. The van der Waals surface area contributed by atoms with Gasteiger partial charge in [-0.05, 0) is 56.9 Å². The van der Waals surface area contributed by atoms with E-state index in [2.05, 4.69) is 30.6 Å². The maximum Gasteiger partial charge on any atom is 0.321 e. The molecule has 3 heterocycles. The minimum atomic E-state index is -0.107. The first-order chi connectivity index (χ1) is 14.1. The summed E-state index contributed by atoms with van der Waals surface area (Å²) in [6, 6.07) is 5.64. The summed E-state index contributed by atoms with van der Waals surface area (Å²) in [5.74, 6) is 3.52. The van der Waals surface area contributed by atoms with E-state index in [1.807, 2.05) is 36.9 Å². The van der Waals surface area contributed by atoms with Crippen LogP contribution in [0.3, 0.4) is 0 Å². The molecule has 2 amide bonds. The monoisotopic (exact) mass is 393 g/mol. The summed E-state index contributed by atoms with van der Waals surface area (Å²) in [5.41, 5.74) is 2.58. The van der Waals surface area contributed by atoms with E-state index in [1.165, 1.54) is 0 Å². The predicted molar refractivity (Wildman–Crippen MR) is 106 cm³/mol. The summed E-state index contributed by atoms with van der Waals surface area (Å²) in [7, 11) is 0. The third kappa shape index (κ3) is 3.59. The Kier molecular flexibility index (Phi) is 4.30. The lowest BCUT2D eigenvalue weighted by molar-refractivity contribution is 0.222. The number of hydrogen-bond acceptors (Lipinski definition) is 6. The van der Waals surface area contributed by atoms with Crippen molar-refractivity contribution in [2.75, 3.05) is 18.4 Å². The predicted octanol–water partition coefficient (Wildman–Crippen LogP) is 3.37. The standard InChI is InChI=1S/C20H23N7O2/c1-11-9-14(19-23-18(26-29-19)13-3-4-13)5-6-16(11)22-20(28)27-8-7-15(10-27)17-21-12(2)24-25-17/h5-6,9,13,15H,3-4,7-8,10H2,1-2H3,(H,22,28)(H,21,24,25). The second kappa shape index (κ2) is 6.98. The Morgan fingerprint density at radius 1 is 1.17 bits per heavy atom. The van der Waals surface area contributed by atoms with E-state index >= 15 is 0 Å². The average Bonchev–Trinajstić information content (AvgIpc) is 3.12. The van der Waals surface area contributed by atoms with Gasteiger partial charge < -0.3 is 14.7 Å². The third-order valence-corrected chi connectivity index (χ3v) is 5.55. The van der Waals surface area contributed by atoms with Crippen molar-refractivity contribution >= 4 is 11.7 Å². The van der Waals surface area contributed by atoms with Crippen LogP contribution in [0.4, 0.5) is 10.5 Å². The summed E-state index contributed by atoms with van der Waals surface area (Å²) in [6.07, 6.45) is 3.13. The van der Waals surface area contributed by atoms with Crippen LogP contribution >= 0.6 is 0 Å². The fourth-order valence-electron chi connectivity index (χ4n) is 3.69. The number of benzene rings is 1. The van der Waals surface area contributed by atoms with Gasteiger partial charge in [-0.2, -0.15) is 10.1 Å². The van der Waals surface area contributed by atoms with Crippen LogP contribution in [0, 0.1) is 13.8 Å². The van der Waals surface area contributed by atoms with Gasteiger partial charge >= 0.3 is 6.03 Å². The van der Waals surface area contributed by atoms with E-state index in [0.29, 0.717) is 24.9 Å². The van der Waals surface area contributed by atoms with Crippen molar-refractivity contribution in [3.05, 3.63) is 41.2 Å². The zero-order chi connectivity index (χ0) is 20.0. The molecule has 1 aliphatic heterocycles. The van der Waals surface area contributed by atoms with Crippen LogP contribution in [0.15, 0.2) is 22.7 Å². The number of H-pyrrole nitrogens is 1. The topological polar surface area (TPSA) is 113 Å². The quantitative estimate of drug-likeness (QED) is 0.703. The minimum absolute atomic E-state index is 0.107. The first-order valence-corrected chi connectivity index (χ1v) is 9.96. The number of carbonyl (C=O) groups is 1. The van der Waals surface area contributed by atoms with Gasteiger partial charge in [-0.25, -0.2) is 9.78 Å². The number of nitrogens with one attached hydrogen (secondary N) is 2. The van der Waals surface area contributed by atoms with Crippen LogP contribution in [0.2, 0.25) is 0 Å². The Morgan fingerprint density at radius 3 is 2.76 bits per heavy atom. The molecule has 1 saturated heterocycles. The molecule has 1 aliphatic carbocycles. The maximum absolute atomic E-state index is 12.7. The molecule has 2 fully saturated rings. The molecule has 0 spiro atoms. The lowest BCUT2D eigenvalue weighted by Crippen LogP contribution is -2.33. The number of aryl methyl sites for hydroxylation is 2. The number of amides is 2. The number of likely N-dealkylation sites (tertiary alicyclic amines) is 1. The smallest absolute Gasteiger partial charge is 0.321 e. The fourth-order valence-corrected chi connectivity index (χ4v) is 3.69. The molecule has 1 aromatic carbocycles. The van der Waals surface area contributed by atoms with Crippen LogP contribution < -0.4 is 5.32 Å². The van der Waals surface area contributed by atoms with Crippen molar-refractivity contribution in [1.29, 1.82) is 0 Å². The number of urea groups is 1. The number of carbonyl (C=O) groups excluding carboxylic acids is 1. The van der Waals surface area contributed by atoms with E-state index in [9.17, 15) is 4.79 Å². The molecule has 5 rings (SSSR count).